The second-order valence-corrected chi connectivity index (χ2v) is 7.81. The van der Waals surface area contributed by atoms with E-state index in [0.29, 0.717) is 22.2 Å². The van der Waals surface area contributed by atoms with E-state index in [1.54, 1.807) is 29.5 Å². The van der Waals surface area contributed by atoms with Gasteiger partial charge in [0.2, 0.25) is 5.13 Å². The van der Waals surface area contributed by atoms with Crippen LogP contribution in [0.2, 0.25) is 0 Å². The van der Waals surface area contributed by atoms with E-state index in [0.717, 1.165) is 14.4 Å². The lowest BCUT2D eigenvalue weighted by molar-refractivity contribution is 0.102. The Hall–Kier alpha value is -1.97. The van der Waals surface area contributed by atoms with E-state index in [2.05, 4.69) is 31.4 Å². The predicted molar refractivity (Wildman–Crippen MR) is 98.4 cm³/mol. The number of thiophene rings is 1. The molecule has 1 N–H and O–H groups in total. The number of benzene rings is 1. The van der Waals surface area contributed by atoms with Crippen LogP contribution in [0.5, 0.6) is 11.5 Å². The van der Waals surface area contributed by atoms with Gasteiger partial charge in [0, 0.05) is 10.9 Å². The Bertz CT molecular complexity index is 856. The smallest absolute Gasteiger partial charge is 0.265 e. The van der Waals surface area contributed by atoms with Crippen molar-refractivity contribution >= 4 is 49.6 Å². The summed E-state index contributed by atoms with van der Waals surface area (Å²) < 4.78 is 11.5. The summed E-state index contributed by atoms with van der Waals surface area (Å²) in [4.78, 5) is 12.6. The molecule has 0 bridgehead atoms. The van der Waals surface area contributed by atoms with Crippen LogP contribution >= 0.6 is 38.6 Å². The summed E-state index contributed by atoms with van der Waals surface area (Å²) in [5, 5.41) is 14.0. The highest BCUT2D eigenvalue weighted by molar-refractivity contribution is 9.11. The summed E-state index contributed by atoms with van der Waals surface area (Å²) >= 11 is 6.28. The minimum absolute atomic E-state index is 0.317. The summed E-state index contributed by atoms with van der Waals surface area (Å²) in [5.74, 6) is 0.496. The molecule has 6 nitrogen and oxygen atoms in total. The first-order valence-electron chi connectivity index (χ1n) is 6.72. The van der Waals surface area contributed by atoms with E-state index in [9.17, 15) is 4.79 Å². The number of nitrogens with one attached hydrogen (secondary N) is 1. The molecule has 0 saturated carbocycles. The molecule has 24 heavy (non-hydrogen) atoms. The molecule has 0 atom stereocenters. The Labute approximate surface area is 154 Å². The third-order valence-electron chi connectivity index (χ3n) is 3.11. The third-order valence-corrected chi connectivity index (χ3v) is 5.51. The number of nitrogens with zero attached hydrogens (tertiary/aromatic N) is 2. The van der Waals surface area contributed by atoms with Crippen LogP contribution in [-0.2, 0) is 0 Å². The highest BCUT2D eigenvalue weighted by Crippen LogP contribution is 2.33. The van der Waals surface area contributed by atoms with Crippen molar-refractivity contribution in [3.63, 3.8) is 0 Å². The van der Waals surface area contributed by atoms with Crippen molar-refractivity contribution < 1.29 is 14.3 Å². The van der Waals surface area contributed by atoms with Crippen LogP contribution < -0.4 is 14.8 Å². The van der Waals surface area contributed by atoms with Gasteiger partial charge >= 0.3 is 0 Å². The largest absolute Gasteiger partial charge is 0.496 e. The van der Waals surface area contributed by atoms with Gasteiger partial charge in [0.1, 0.15) is 22.1 Å². The van der Waals surface area contributed by atoms with E-state index in [1.807, 2.05) is 11.4 Å². The van der Waals surface area contributed by atoms with Crippen LogP contribution in [0.1, 0.15) is 10.4 Å². The van der Waals surface area contributed by atoms with E-state index < -0.39 is 0 Å². The fraction of sp³-hybridized carbons (Fsp3) is 0.133. The normalized spacial score (nSPS) is 10.5. The maximum atomic E-state index is 12.6. The van der Waals surface area contributed by atoms with Gasteiger partial charge in [0.05, 0.1) is 18.0 Å². The highest BCUT2D eigenvalue weighted by atomic mass is 79.9. The summed E-state index contributed by atoms with van der Waals surface area (Å²) in [5.41, 5.74) is 1.28. The van der Waals surface area contributed by atoms with Crippen molar-refractivity contribution in [1.29, 1.82) is 0 Å². The van der Waals surface area contributed by atoms with Crippen molar-refractivity contribution in [3.05, 3.63) is 39.0 Å². The van der Waals surface area contributed by atoms with Gasteiger partial charge in [-0.05, 0) is 34.1 Å². The monoisotopic (exact) mass is 425 g/mol. The number of hydrogen-bond donors (Lipinski definition) is 1. The minimum Gasteiger partial charge on any atom is -0.496 e. The molecule has 9 heteroatoms. The zero-order valence-electron chi connectivity index (χ0n) is 12.7. The molecule has 1 amide bonds. The van der Waals surface area contributed by atoms with Crippen molar-refractivity contribution in [2.45, 2.75) is 0 Å². The van der Waals surface area contributed by atoms with E-state index >= 15 is 0 Å². The molecule has 2 aromatic heterocycles. The third kappa shape index (κ3) is 3.42. The molecule has 124 valence electrons. The number of halogens is 1. The highest BCUT2D eigenvalue weighted by Gasteiger charge is 2.20. The van der Waals surface area contributed by atoms with Crippen LogP contribution in [-0.4, -0.2) is 30.3 Å². The van der Waals surface area contributed by atoms with Crippen LogP contribution in [0.15, 0.2) is 33.4 Å². The van der Waals surface area contributed by atoms with Gasteiger partial charge in [-0.3, -0.25) is 10.1 Å². The van der Waals surface area contributed by atoms with Crippen molar-refractivity contribution in [2.24, 2.45) is 0 Å². The van der Waals surface area contributed by atoms with Gasteiger partial charge in [-0.2, -0.15) is 0 Å². The second-order valence-electron chi connectivity index (χ2n) is 4.54. The summed E-state index contributed by atoms with van der Waals surface area (Å²) in [6.07, 6.45) is 0. The van der Waals surface area contributed by atoms with E-state index in [-0.39, 0.29) is 5.91 Å². The molecule has 3 aromatic rings. The van der Waals surface area contributed by atoms with Gasteiger partial charge in [0.25, 0.3) is 5.91 Å². The van der Waals surface area contributed by atoms with Crippen molar-refractivity contribution in [3.8, 4) is 22.1 Å². The molecular weight excluding hydrogens is 414 g/mol. The number of carbonyl (C=O) groups excluding carboxylic acids is 1. The van der Waals surface area contributed by atoms with Crippen LogP contribution in [0, 0.1) is 0 Å². The maximum Gasteiger partial charge on any atom is 0.265 e. The molecule has 0 aliphatic carbocycles. The lowest BCUT2D eigenvalue weighted by atomic mass is 10.1. The molecule has 0 radical (unpaired) electrons. The zero-order chi connectivity index (χ0) is 17.1. The fourth-order valence-corrected chi connectivity index (χ4v) is 3.99. The summed E-state index contributed by atoms with van der Waals surface area (Å²) in [6, 6.07) is 7.11. The van der Waals surface area contributed by atoms with Crippen molar-refractivity contribution in [2.75, 3.05) is 19.5 Å². The number of amides is 1. The van der Waals surface area contributed by atoms with Crippen LogP contribution in [0.25, 0.3) is 10.6 Å². The molecule has 0 aliphatic rings. The number of rotatable bonds is 5. The Balaban J connectivity index is 1.85. The minimum atomic E-state index is -0.363. The number of methoxy groups -OCH3 is 2. The topological polar surface area (TPSA) is 73.3 Å². The average Bonchev–Trinajstić information content (AvgIpc) is 3.22. The number of aromatic nitrogens is 2. The van der Waals surface area contributed by atoms with Crippen LogP contribution in [0.3, 0.4) is 0 Å². The lowest BCUT2D eigenvalue weighted by Gasteiger charge is -2.11. The Morgan fingerprint density at radius 2 is 1.92 bits per heavy atom. The van der Waals surface area contributed by atoms with Gasteiger partial charge in [-0.25, -0.2) is 0 Å². The number of carbonyl (C=O) groups is 1. The van der Waals surface area contributed by atoms with E-state index in [4.69, 9.17) is 9.47 Å². The number of anilines is 1. The molecule has 0 unspecified atom stereocenters. The standard InChI is InChI=1S/C15H12BrN3O3S2/c1-21-9-4-3-5-10(22-2)12(9)13(20)17-15-19-18-14(24-15)8-6-11(16)23-7-8/h3-7H,1-2H3,(H,17,19,20). The van der Waals surface area contributed by atoms with Gasteiger partial charge in [-0.15, -0.1) is 21.5 Å². The second kappa shape index (κ2) is 7.29. The summed E-state index contributed by atoms with van der Waals surface area (Å²) in [7, 11) is 3.01. The maximum absolute atomic E-state index is 12.6. The van der Waals surface area contributed by atoms with Crippen molar-refractivity contribution in [1.82, 2.24) is 10.2 Å². The fourth-order valence-electron chi connectivity index (χ4n) is 2.05. The first kappa shape index (κ1) is 16.9. The first-order chi connectivity index (χ1) is 11.6. The number of hydrogen-bond acceptors (Lipinski definition) is 7. The quantitative estimate of drug-likeness (QED) is 0.659. The average molecular weight is 426 g/mol. The van der Waals surface area contributed by atoms with Gasteiger partial charge < -0.3 is 9.47 Å². The lowest BCUT2D eigenvalue weighted by Crippen LogP contribution is -2.14. The molecule has 0 spiro atoms. The molecular formula is C15H12BrN3O3S2. The van der Waals surface area contributed by atoms with Crippen LogP contribution in [0.4, 0.5) is 5.13 Å². The SMILES string of the molecule is COc1cccc(OC)c1C(=O)Nc1nnc(-c2csc(Br)c2)s1. The number of ether oxygens (including phenoxy) is 2. The molecule has 1 aromatic carbocycles. The molecule has 0 fully saturated rings. The molecule has 0 aliphatic heterocycles. The van der Waals surface area contributed by atoms with Gasteiger partial charge in [-0.1, -0.05) is 17.4 Å². The van der Waals surface area contributed by atoms with E-state index in [1.165, 1.54) is 25.6 Å². The predicted octanol–water partition coefficient (Wildman–Crippen LogP) is 4.30. The Kier molecular flexibility index (Phi) is 5.12. The Morgan fingerprint density at radius 3 is 2.50 bits per heavy atom. The van der Waals surface area contributed by atoms with Gasteiger partial charge in [0.15, 0.2) is 0 Å². The zero-order valence-corrected chi connectivity index (χ0v) is 15.9. The summed E-state index contributed by atoms with van der Waals surface area (Å²) in [6.45, 7) is 0. The first-order valence-corrected chi connectivity index (χ1v) is 9.21. The molecule has 0 saturated heterocycles. The Morgan fingerprint density at radius 1 is 1.21 bits per heavy atom. The molecule has 3 rings (SSSR count). The molecule has 2 heterocycles.